The molecule has 4 heteroatoms. The molecule has 0 spiro atoms. The first-order valence-electron chi connectivity index (χ1n) is 9.22. The van der Waals surface area contributed by atoms with Gasteiger partial charge in [-0.25, -0.2) is 4.98 Å². The van der Waals surface area contributed by atoms with Gasteiger partial charge in [-0.2, -0.15) is 4.98 Å². The third-order valence-electron chi connectivity index (χ3n) is 4.16. The first-order valence-corrected chi connectivity index (χ1v) is 10.2. The summed E-state index contributed by atoms with van der Waals surface area (Å²) in [5.41, 5.74) is 5.89. The highest BCUT2D eigenvalue weighted by molar-refractivity contribution is 7.98. The van der Waals surface area contributed by atoms with E-state index in [9.17, 15) is 0 Å². The van der Waals surface area contributed by atoms with Crippen molar-refractivity contribution in [3.63, 3.8) is 0 Å². The molecule has 140 valence electrons. The van der Waals surface area contributed by atoms with E-state index in [4.69, 9.17) is 9.72 Å². The molecule has 27 heavy (non-hydrogen) atoms. The van der Waals surface area contributed by atoms with Gasteiger partial charge in [0.25, 0.3) is 0 Å². The van der Waals surface area contributed by atoms with Crippen LogP contribution < -0.4 is 4.74 Å². The van der Waals surface area contributed by atoms with Crippen LogP contribution >= 0.6 is 11.8 Å². The number of hydrogen-bond donors (Lipinski definition) is 0. The molecule has 3 nitrogen and oxygen atoms in total. The fourth-order valence-corrected chi connectivity index (χ4v) is 3.70. The molecular weight excluding hydrogens is 352 g/mol. The monoisotopic (exact) mass is 378 g/mol. The van der Waals surface area contributed by atoms with E-state index in [0.29, 0.717) is 11.8 Å². The normalized spacial score (nSPS) is 11.0. The molecule has 1 aromatic heterocycles. The molecule has 2 aromatic carbocycles. The molecule has 0 aliphatic carbocycles. The van der Waals surface area contributed by atoms with Crippen molar-refractivity contribution < 1.29 is 4.74 Å². The summed E-state index contributed by atoms with van der Waals surface area (Å²) in [5, 5.41) is 0.752. The van der Waals surface area contributed by atoms with Crippen molar-refractivity contribution in [3.05, 3.63) is 76.5 Å². The molecule has 0 saturated carbocycles. The summed E-state index contributed by atoms with van der Waals surface area (Å²) in [5.74, 6) is 2.57. The van der Waals surface area contributed by atoms with Crippen molar-refractivity contribution in [2.75, 3.05) is 0 Å². The van der Waals surface area contributed by atoms with Crippen LogP contribution in [0.1, 0.15) is 47.7 Å². The van der Waals surface area contributed by atoms with Gasteiger partial charge in [0.05, 0.1) is 5.69 Å². The summed E-state index contributed by atoms with van der Waals surface area (Å²) >= 11 is 1.64. The van der Waals surface area contributed by atoms with Crippen molar-refractivity contribution in [1.82, 2.24) is 9.97 Å². The van der Waals surface area contributed by atoms with Crippen LogP contribution in [0.2, 0.25) is 0 Å². The second-order valence-electron chi connectivity index (χ2n) is 7.27. The number of aryl methyl sites for hydroxylation is 3. The van der Waals surface area contributed by atoms with Gasteiger partial charge in [-0.3, -0.25) is 0 Å². The average Bonchev–Trinajstić information content (AvgIpc) is 2.59. The van der Waals surface area contributed by atoms with E-state index < -0.39 is 0 Å². The second-order valence-corrected chi connectivity index (χ2v) is 8.21. The lowest BCUT2D eigenvalue weighted by Crippen LogP contribution is -2.00. The van der Waals surface area contributed by atoms with E-state index in [2.05, 4.69) is 69.9 Å². The smallest absolute Gasteiger partial charge is 0.223 e. The Balaban J connectivity index is 1.83. The van der Waals surface area contributed by atoms with E-state index in [0.717, 1.165) is 22.4 Å². The zero-order valence-corrected chi connectivity index (χ0v) is 17.4. The van der Waals surface area contributed by atoms with E-state index in [1.54, 1.807) is 11.8 Å². The van der Waals surface area contributed by atoms with Crippen molar-refractivity contribution >= 4 is 11.8 Å². The van der Waals surface area contributed by atoms with Crippen LogP contribution in [-0.4, -0.2) is 9.97 Å². The number of ether oxygens (including phenoxy) is 1. The highest BCUT2D eigenvalue weighted by Gasteiger charge is 2.11. The Hall–Kier alpha value is -2.33. The molecule has 0 N–H and O–H groups in total. The van der Waals surface area contributed by atoms with Gasteiger partial charge in [-0.15, -0.1) is 0 Å². The van der Waals surface area contributed by atoms with Crippen LogP contribution in [0.25, 0.3) is 0 Å². The fraction of sp³-hybridized carbons (Fsp3) is 0.304. The van der Waals surface area contributed by atoms with E-state index in [1.165, 1.54) is 22.3 Å². The number of aromatic nitrogens is 2. The summed E-state index contributed by atoms with van der Waals surface area (Å²) in [6, 6.07) is 16.7. The van der Waals surface area contributed by atoms with Crippen LogP contribution in [0.15, 0.2) is 53.7 Å². The molecule has 3 rings (SSSR count). The maximum Gasteiger partial charge on any atom is 0.223 e. The van der Waals surface area contributed by atoms with Gasteiger partial charge in [0.15, 0.2) is 5.16 Å². The van der Waals surface area contributed by atoms with Crippen LogP contribution in [0.3, 0.4) is 0 Å². The predicted octanol–water partition coefficient (Wildman–Crippen LogP) is 6.61. The molecule has 0 saturated heterocycles. The maximum absolute atomic E-state index is 6.08. The number of benzene rings is 2. The number of thioether (sulfide) groups is 1. The van der Waals surface area contributed by atoms with Gasteiger partial charge < -0.3 is 4.74 Å². The standard InChI is InChI=1S/C23H26N2OS/c1-15(2)21-13-22(26-20-11-17(4)9-18(5)12-20)25-23(24-21)27-14-19-8-6-7-16(3)10-19/h6-13,15H,14H2,1-5H3. The highest BCUT2D eigenvalue weighted by Crippen LogP contribution is 2.28. The highest BCUT2D eigenvalue weighted by atomic mass is 32.2. The maximum atomic E-state index is 6.08. The van der Waals surface area contributed by atoms with Crippen LogP contribution in [-0.2, 0) is 5.75 Å². The Bertz CT molecular complexity index is 917. The van der Waals surface area contributed by atoms with Crippen molar-refractivity contribution in [2.45, 2.75) is 51.4 Å². The van der Waals surface area contributed by atoms with Gasteiger partial charge in [0, 0.05) is 11.8 Å². The summed E-state index contributed by atoms with van der Waals surface area (Å²) in [6.45, 7) is 10.5. The molecule has 0 atom stereocenters. The molecule has 0 aliphatic heterocycles. The number of rotatable bonds is 6. The van der Waals surface area contributed by atoms with Crippen molar-refractivity contribution in [3.8, 4) is 11.6 Å². The lowest BCUT2D eigenvalue weighted by atomic mass is 10.1. The quantitative estimate of drug-likeness (QED) is 0.357. The molecular formula is C23H26N2OS. The first-order chi connectivity index (χ1) is 12.9. The van der Waals surface area contributed by atoms with Gasteiger partial charge in [0.1, 0.15) is 5.75 Å². The van der Waals surface area contributed by atoms with Gasteiger partial charge in [0.2, 0.25) is 5.88 Å². The minimum atomic E-state index is 0.313. The van der Waals surface area contributed by atoms with E-state index >= 15 is 0 Å². The molecule has 0 unspecified atom stereocenters. The summed E-state index contributed by atoms with van der Waals surface area (Å²) in [7, 11) is 0. The Morgan fingerprint density at radius 1 is 0.889 bits per heavy atom. The average molecular weight is 379 g/mol. The van der Waals surface area contributed by atoms with E-state index in [-0.39, 0.29) is 0 Å². The molecule has 0 amide bonds. The zero-order valence-electron chi connectivity index (χ0n) is 16.6. The van der Waals surface area contributed by atoms with Crippen LogP contribution in [0, 0.1) is 20.8 Å². The second kappa shape index (κ2) is 8.57. The largest absolute Gasteiger partial charge is 0.439 e. The van der Waals surface area contributed by atoms with Gasteiger partial charge in [-0.05, 0) is 55.5 Å². The van der Waals surface area contributed by atoms with Gasteiger partial charge >= 0.3 is 0 Å². The number of nitrogens with zero attached hydrogens (tertiary/aromatic N) is 2. The lowest BCUT2D eigenvalue weighted by Gasteiger charge is -2.12. The van der Waals surface area contributed by atoms with Crippen molar-refractivity contribution in [2.24, 2.45) is 0 Å². The van der Waals surface area contributed by atoms with Gasteiger partial charge in [-0.1, -0.05) is 61.5 Å². The molecule has 3 aromatic rings. The SMILES string of the molecule is Cc1cccc(CSc2nc(Oc3cc(C)cc(C)c3)cc(C(C)C)n2)c1. The molecule has 0 radical (unpaired) electrons. The third-order valence-corrected chi connectivity index (χ3v) is 5.08. The minimum absolute atomic E-state index is 0.313. The Labute approximate surface area is 166 Å². The fourth-order valence-electron chi connectivity index (χ4n) is 2.90. The lowest BCUT2D eigenvalue weighted by molar-refractivity contribution is 0.452. The Morgan fingerprint density at radius 3 is 2.30 bits per heavy atom. The zero-order chi connectivity index (χ0) is 19.4. The molecule has 0 aliphatic rings. The summed E-state index contributed by atoms with van der Waals surface area (Å²) in [4.78, 5) is 9.36. The third kappa shape index (κ3) is 5.57. The molecule has 0 fully saturated rings. The van der Waals surface area contributed by atoms with Crippen LogP contribution in [0.5, 0.6) is 11.6 Å². The molecule has 0 bridgehead atoms. The Morgan fingerprint density at radius 2 is 1.63 bits per heavy atom. The molecule has 1 heterocycles. The van der Waals surface area contributed by atoms with Crippen molar-refractivity contribution in [1.29, 1.82) is 0 Å². The summed E-state index contributed by atoms with van der Waals surface area (Å²) in [6.07, 6.45) is 0. The topological polar surface area (TPSA) is 35.0 Å². The van der Waals surface area contributed by atoms with Crippen LogP contribution in [0.4, 0.5) is 0 Å². The minimum Gasteiger partial charge on any atom is -0.439 e. The van der Waals surface area contributed by atoms with E-state index in [1.807, 2.05) is 18.2 Å². The first kappa shape index (κ1) is 19.4. The number of hydrogen-bond acceptors (Lipinski definition) is 4. The Kier molecular flexibility index (Phi) is 6.17. The predicted molar refractivity (Wildman–Crippen MR) is 113 cm³/mol. The summed E-state index contributed by atoms with van der Waals surface area (Å²) < 4.78 is 6.08.